The smallest absolute Gasteiger partial charge is 0.269 e. The molecule has 30 heavy (non-hydrogen) atoms. The third kappa shape index (κ3) is 6.71. The number of hydrogen-bond acceptors (Lipinski definition) is 4. The highest BCUT2D eigenvalue weighted by molar-refractivity contribution is 7.89. The van der Waals surface area contributed by atoms with Gasteiger partial charge in [0.2, 0.25) is 10.0 Å². The molecule has 2 rings (SSSR count). The molecule has 0 bridgehead atoms. The Morgan fingerprint density at radius 3 is 2.20 bits per heavy atom. The van der Waals surface area contributed by atoms with Gasteiger partial charge in [0.05, 0.1) is 4.90 Å². The minimum atomic E-state index is -3.57. The summed E-state index contributed by atoms with van der Waals surface area (Å²) >= 11 is 0. The minimum Gasteiger partial charge on any atom is -0.303 e. The summed E-state index contributed by atoms with van der Waals surface area (Å²) in [6, 6.07) is 13.7. The Labute approximate surface area is 180 Å². The van der Waals surface area contributed by atoms with Crippen molar-refractivity contribution in [3.8, 4) is 0 Å². The van der Waals surface area contributed by atoms with Crippen LogP contribution in [-0.4, -0.2) is 25.7 Å². The molecule has 6 nitrogen and oxygen atoms in total. The van der Waals surface area contributed by atoms with Crippen LogP contribution in [-0.2, 0) is 16.6 Å². The molecule has 0 aliphatic rings. The van der Waals surface area contributed by atoms with Gasteiger partial charge in [-0.2, -0.15) is 4.31 Å². The van der Waals surface area contributed by atoms with Crippen LogP contribution in [0, 0.1) is 12.8 Å². The van der Waals surface area contributed by atoms with E-state index in [0.717, 1.165) is 23.2 Å². The van der Waals surface area contributed by atoms with E-state index < -0.39 is 10.0 Å². The minimum absolute atomic E-state index is 0.216. The van der Waals surface area contributed by atoms with Crippen LogP contribution in [0.3, 0.4) is 0 Å². The lowest BCUT2D eigenvalue weighted by atomic mass is 10.1. The fourth-order valence-corrected chi connectivity index (χ4v) is 3.84. The molecule has 0 unspecified atom stereocenters. The molecule has 1 amide bonds. The zero-order chi connectivity index (χ0) is 22.3. The normalized spacial score (nSPS) is 12.3. The molecule has 0 aromatic heterocycles. The number of nitrogens with zero attached hydrogens (tertiary/aromatic N) is 1. The number of hydrogen-bond donors (Lipinski definition) is 2. The van der Waals surface area contributed by atoms with Crippen LogP contribution in [0.25, 0.3) is 0 Å². The molecule has 0 spiro atoms. The van der Waals surface area contributed by atoms with Crippen molar-refractivity contribution in [1.82, 2.24) is 15.2 Å². The number of benzene rings is 2. The third-order valence-electron chi connectivity index (χ3n) is 4.62. The van der Waals surface area contributed by atoms with Crippen LogP contribution in [0.5, 0.6) is 0 Å². The Kier molecular flexibility index (Phi) is 8.20. The maximum atomic E-state index is 12.7. The number of allylic oxidation sites excluding steroid dienone is 2. The van der Waals surface area contributed by atoms with E-state index in [4.69, 9.17) is 0 Å². The van der Waals surface area contributed by atoms with Crippen LogP contribution < -0.4 is 10.9 Å². The molecule has 0 fully saturated rings. The largest absolute Gasteiger partial charge is 0.303 e. The van der Waals surface area contributed by atoms with Gasteiger partial charge in [-0.25, -0.2) is 8.42 Å². The maximum Gasteiger partial charge on any atom is 0.269 e. The molecular weight excluding hydrogens is 398 g/mol. The number of amides is 1. The lowest BCUT2D eigenvalue weighted by Crippen LogP contribution is -2.36. The number of carbonyl (C=O) groups excluding carboxylic acids is 1. The molecule has 0 radical (unpaired) electrons. The zero-order valence-electron chi connectivity index (χ0n) is 18.3. The van der Waals surface area contributed by atoms with Gasteiger partial charge in [0.15, 0.2) is 0 Å². The lowest BCUT2D eigenvalue weighted by Gasteiger charge is -2.17. The average Bonchev–Trinajstić information content (AvgIpc) is 2.71. The SMILES string of the molecule is C/C(=C\CC(C)C)NNC(=O)c1ccc(CN(C)S(=O)(=O)c2ccc(C)cc2)cc1. The Balaban J connectivity index is 1.97. The molecule has 0 atom stereocenters. The van der Waals surface area contributed by atoms with E-state index in [1.54, 1.807) is 55.6 Å². The van der Waals surface area contributed by atoms with E-state index in [0.29, 0.717) is 11.5 Å². The number of sulfonamides is 1. The van der Waals surface area contributed by atoms with Gasteiger partial charge >= 0.3 is 0 Å². The van der Waals surface area contributed by atoms with Crippen LogP contribution in [0.1, 0.15) is 48.7 Å². The van der Waals surface area contributed by atoms with E-state index >= 15 is 0 Å². The van der Waals surface area contributed by atoms with Gasteiger partial charge in [-0.1, -0.05) is 49.8 Å². The van der Waals surface area contributed by atoms with Gasteiger partial charge in [-0.3, -0.25) is 10.2 Å². The van der Waals surface area contributed by atoms with Crippen molar-refractivity contribution in [2.75, 3.05) is 7.05 Å². The quantitative estimate of drug-likeness (QED) is 0.591. The molecular formula is C23H31N3O3S. The Morgan fingerprint density at radius 2 is 1.63 bits per heavy atom. The van der Waals surface area contributed by atoms with Crippen molar-refractivity contribution in [2.45, 2.75) is 45.6 Å². The van der Waals surface area contributed by atoms with Gasteiger partial charge in [0.25, 0.3) is 5.91 Å². The second-order valence-electron chi connectivity index (χ2n) is 7.87. The number of aryl methyl sites for hydroxylation is 1. The number of nitrogens with one attached hydrogen (secondary N) is 2. The summed E-state index contributed by atoms with van der Waals surface area (Å²) in [6.45, 7) is 8.29. The summed E-state index contributed by atoms with van der Waals surface area (Å²) < 4.78 is 26.7. The summed E-state index contributed by atoms with van der Waals surface area (Å²) in [6.07, 6.45) is 2.97. The van der Waals surface area contributed by atoms with Crippen LogP contribution in [0.4, 0.5) is 0 Å². The summed E-state index contributed by atoms with van der Waals surface area (Å²) in [5.41, 5.74) is 8.75. The predicted molar refractivity (Wildman–Crippen MR) is 120 cm³/mol. The molecule has 7 heteroatoms. The predicted octanol–water partition coefficient (Wildman–Crippen LogP) is 4.00. The van der Waals surface area contributed by atoms with Gasteiger partial charge in [0.1, 0.15) is 0 Å². The van der Waals surface area contributed by atoms with Crippen LogP contribution in [0.15, 0.2) is 65.2 Å². The third-order valence-corrected chi connectivity index (χ3v) is 6.44. The van der Waals surface area contributed by atoms with Crippen molar-refractivity contribution in [3.05, 3.63) is 77.0 Å². The van der Waals surface area contributed by atoms with E-state index in [-0.39, 0.29) is 17.3 Å². The molecule has 162 valence electrons. The second-order valence-corrected chi connectivity index (χ2v) is 9.91. The molecule has 0 saturated heterocycles. The second kappa shape index (κ2) is 10.4. The topological polar surface area (TPSA) is 78.5 Å². The molecule has 0 aliphatic carbocycles. The first-order chi connectivity index (χ1) is 14.1. The highest BCUT2D eigenvalue weighted by Gasteiger charge is 2.20. The maximum absolute atomic E-state index is 12.7. The molecule has 0 saturated carbocycles. The highest BCUT2D eigenvalue weighted by atomic mass is 32.2. The molecule has 2 aromatic rings. The Morgan fingerprint density at radius 1 is 1.03 bits per heavy atom. The van der Waals surface area contributed by atoms with Gasteiger partial charge in [-0.05, 0) is 56.0 Å². The fraction of sp³-hybridized carbons (Fsp3) is 0.348. The first-order valence-electron chi connectivity index (χ1n) is 9.94. The number of hydrazine groups is 1. The van der Waals surface area contributed by atoms with E-state index in [2.05, 4.69) is 24.7 Å². The van der Waals surface area contributed by atoms with Crippen molar-refractivity contribution in [1.29, 1.82) is 0 Å². The standard InChI is InChI=1S/C23H31N3O3S/c1-17(2)6-9-19(4)24-25-23(27)21-12-10-20(11-13-21)16-26(5)30(28,29)22-14-7-18(3)8-15-22/h7-15,17,24H,6,16H2,1-5H3,(H,25,27)/b19-9+. The molecule has 2 aromatic carbocycles. The summed E-state index contributed by atoms with van der Waals surface area (Å²) in [7, 11) is -2.02. The molecule has 0 heterocycles. The van der Waals surface area contributed by atoms with Gasteiger partial charge in [0, 0.05) is 24.9 Å². The van der Waals surface area contributed by atoms with E-state index in [9.17, 15) is 13.2 Å². The van der Waals surface area contributed by atoms with Crippen LogP contribution >= 0.6 is 0 Å². The van der Waals surface area contributed by atoms with Crippen molar-refractivity contribution in [3.63, 3.8) is 0 Å². The summed E-state index contributed by atoms with van der Waals surface area (Å²) in [4.78, 5) is 12.5. The Bertz CT molecular complexity index is 979. The van der Waals surface area contributed by atoms with Crippen molar-refractivity contribution < 1.29 is 13.2 Å². The monoisotopic (exact) mass is 429 g/mol. The van der Waals surface area contributed by atoms with Crippen molar-refractivity contribution >= 4 is 15.9 Å². The number of rotatable bonds is 9. The van der Waals surface area contributed by atoms with Gasteiger partial charge < -0.3 is 5.43 Å². The fourth-order valence-electron chi connectivity index (χ4n) is 2.68. The molecule has 2 N–H and O–H groups in total. The summed E-state index contributed by atoms with van der Waals surface area (Å²) in [5, 5.41) is 0. The van der Waals surface area contributed by atoms with E-state index in [1.807, 2.05) is 19.9 Å². The zero-order valence-corrected chi connectivity index (χ0v) is 19.1. The van der Waals surface area contributed by atoms with E-state index in [1.165, 1.54) is 4.31 Å². The first-order valence-corrected chi connectivity index (χ1v) is 11.4. The van der Waals surface area contributed by atoms with Gasteiger partial charge in [-0.15, -0.1) is 0 Å². The lowest BCUT2D eigenvalue weighted by molar-refractivity contribution is 0.0938. The Hall–Kier alpha value is -2.64. The highest BCUT2D eigenvalue weighted by Crippen LogP contribution is 2.17. The first kappa shape index (κ1) is 23.6. The van der Waals surface area contributed by atoms with Crippen molar-refractivity contribution in [2.24, 2.45) is 5.92 Å². The summed E-state index contributed by atoms with van der Waals surface area (Å²) in [5.74, 6) is 0.303. The molecule has 0 aliphatic heterocycles. The average molecular weight is 430 g/mol. The number of carbonyl (C=O) groups is 1. The van der Waals surface area contributed by atoms with Crippen LogP contribution in [0.2, 0.25) is 0 Å².